The van der Waals surface area contributed by atoms with Crippen LogP contribution >= 0.6 is 11.8 Å². The summed E-state index contributed by atoms with van der Waals surface area (Å²) in [6, 6.07) is 0.671. The molecule has 1 atom stereocenters. The molecule has 2 nitrogen and oxygen atoms in total. The van der Waals surface area contributed by atoms with Gasteiger partial charge in [0.25, 0.3) is 0 Å². The lowest BCUT2D eigenvalue weighted by atomic mass is 10.0. The second-order valence-corrected chi connectivity index (χ2v) is 6.45. The van der Waals surface area contributed by atoms with Crippen molar-refractivity contribution in [3.8, 4) is 0 Å². The Bertz CT molecular complexity index is 247. The highest BCUT2D eigenvalue weighted by Crippen LogP contribution is 2.28. The number of nitrogens with zero attached hydrogens (tertiary/aromatic N) is 1. The Morgan fingerprint density at radius 2 is 2.12 bits per heavy atom. The summed E-state index contributed by atoms with van der Waals surface area (Å²) in [6.45, 7) is 3.29. The van der Waals surface area contributed by atoms with E-state index in [1.807, 2.05) is 11.8 Å². The summed E-state index contributed by atoms with van der Waals surface area (Å²) in [5.41, 5.74) is 0. The molecule has 1 N–H and O–H groups in total. The summed E-state index contributed by atoms with van der Waals surface area (Å²) in [5, 5.41) is 4.75. The first-order valence-corrected chi connectivity index (χ1v) is 8.31. The number of rotatable bonds is 5. The first kappa shape index (κ1) is 13.3. The number of hydrogen-bond acceptors (Lipinski definition) is 2. The van der Waals surface area contributed by atoms with Crippen molar-refractivity contribution >= 4 is 16.9 Å². The Balaban J connectivity index is 1.62. The fraction of sp³-hybridized carbons (Fsp3) is 0.929. The molecule has 2 rings (SSSR count). The van der Waals surface area contributed by atoms with Crippen LogP contribution in [0.25, 0.3) is 0 Å². The molecule has 1 saturated heterocycles. The van der Waals surface area contributed by atoms with E-state index in [4.69, 9.17) is 4.99 Å². The zero-order valence-electron chi connectivity index (χ0n) is 11.1. The molecule has 0 aromatic rings. The molecule has 3 heteroatoms. The molecule has 2 aliphatic rings. The van der Waals surface area contributed by atoms with Gasteiger partial charge in [-0.25, -0.2) is 0 Å². The molecule has 0 aromatic carbocycles. The van der Waals surface area contributed by atoms with Crippen molar-refractivity contribution in [2.24, 2.45) is 10.9 Å². The first-order valence-electron chi connectivity index (χ1n) is 7.32. The summed E-state index contributed by atoms with van der Waals surface area (Å²) < 4.78 is 0. The number of amidine groups is 1. The van der Waals surface area contributed by atoms with Crippen LogP contribution in [0.5, 0.6) is 0 Å². The third kappa shape index (κ3) is 4.53. The van der Waals surface area contributed by atoms with Crippen molar-refractivity contribution in [3.05, 3.63) is 0 Å². The Labute approximate surface area is 110 Å². The summed E-state index contributed by atoms with van der Waals surface area (Å²) in [5.74, 6) is 2.26. The molecule has 0 amide bonds. The largest absolute Gasteiger partial charge is 0.362 e. The van der Waals surface area contributed by atoms with Gasteiger partial charge in [-0.1, -0.05) is 44.4 Å². The van der Waals surface area contributed by atoms with Crippen LogP contribution in [-0.2, 0) is 0 Å². The number of thioether (sulfide) groups is 1. The Morgan fingerprint density at radius 1 is 1.29 bits per heavy atom. The van der Waals surface area contributed by atoms with Gasteiger partial charge in [0.2, 0.25) is 0 Å². The van der Waals surface area contributed by atoms with E-state index in [1.54, 1.807) is 0 Å². The van der Waals surface area contributed by atoms with Gasteiger partial charge < -0.3 is 5.32 Å². The normalized spacial score (nSPS) is 28.5. The maximum Gasteiger partial charge on any atom is 0.156 e. The predicted molar refractivity (Wildman–Crippen MR) is 77.8 cm³/mol. The van der Waals surface area contributed by atoms with Gasteiger partial charge in [-0.2, -0.15) is 0 Å². The van der Waals surface area contributed by atoms with Gasteiger partial charge in [-0.15, -0.1) is 0 Å². The number of hydrogen-bond donors (Lipinski definition) is 1. The van der Waals surface area contributed by atoms with Crippen LogP contribution < -0.4 is 5.32 Å². The zero-order chi connectivity index (χ0) is 11.9. The standard InChI is InChI=1S/C14H26N2S/c1-2-13-9-11-17-14(16-13)15-10-5-8-12-6-3-4-7-12/h12-13H,2-11H2,1H3,(H,15,16). The van der Waals surface area contributed by atoms with E-state index >= 15 is 0 Å². The third-order valence-corrected chi connectivity index (χ3v) is 4.99. The Hall–Kier alpha value is -0.180. The SMILES string of the molecule is CCC1CCSC(=NCCCC2CCCC2)N1. The van der Waals surface area contributed by atoms with Crippen molar-refractivity contribution in [2.45, 2.75) is 64.3 Å². The second-order valence-electron chi connectivity index (χ2n) is 5.37. The Kier molecular flexibility index (Phi) is 5.69. The zero-order valence-corrected chi connectivity index (χ0v) is 11.9. The van der Waals surface area contributed by atoms with Gasteiger partial charge in [0.15, 0.2) is 5.17 Å². The minimum Gasteiger partial charge on any atom is -0.362 e. The number of nitrogens with one attached hydrogen (secondary N) is 1. The maximum atomic E-state index is 4.71. The lowest BCUT2D eigenvalue weighted by Gasteiger charge is -2.24. The predicted octanol–water partition coefficient (Wildman–Crippen LogP) is 3.82. The fourth-order valence-electron chi connectivity index (χ4n) is 2.84. The van der Waals surface area contributed by atoms with E-state index in [-0.39, 0.29) is 0 Å². The average molecular weight is 254 g/mol. The molecule has 0 spiro atoms. The van der Waals surface area contributed by atoms with Crippen molar-refractivity contribution in [1.29, 1.82) is 0 Å². The van der Waals surface area contributed by atoms with Gasteiger partial charge in [0.1, 0.15) is 0 Å². The molecule has 1 unspecified atom stereocenters. The van der Waals surface area contributed by atoms with Crippen LogP contribution in [0, 0.1) is 5.92 Å². The van der Waals surface area contributed by atoms with E-state index < -0.39 is 0 Å². The highest BCUT2D eigenvalue weighted by molar-refractivity contribution is 8.13. The number of aliphatic imine (C=N–C) groups is 1. The summed E-state index contributed by atoms with van der Waals surface area (Å²) in [7, 11) is 0. The van der Waals surface area contributed by atoms with Gasteiger partial charge in [-0.3, -0.25) is 4.99 Å². The van der Waals surface area contributed by atoms with Crippen LogP contribution in [0.3, 0.4) is 0 Å². The summed E-state index contributed by atoms with van der Waals surface area (Å²) >= 11 is 1.90. The smallest absolute Gasteiger partial charge is 0.156 e. The van der Waals surface area contributed by atoms with Gasteiger partial charge in [0.05, 0.1) is 0 Å². The highest BCUT2D eigenvalue weighted by Gasteiger charge is 2.16. The molecular formula is C14H26N2S. The summed E-state index contributed by atoms with van der Waals surface area (Å²) in [6.07, 6.45) is 11.1. The molecular weight excluding hydrogens is 228 g/mol. The van der Waals surface area contributed by atoms with Gasteiger partial charge >= 0.3 is 0 Å². The minimum absolute atomic E-state index is 0.671. The van der Waals surface area contributed by atoms with E-state index in [0.29, 0.717) is 6.04 Å². The summed E-state index contributed by atoms with van der Waals surface area (Å²) in [4.78, 5) is 4.71. The van der Waals surface area contributed by atoms with Crippen LogP contribution in [0.2, 0.25) is 0 Å². The monoisotopic (exact) mass is 254 g/mol. The topological polar surface area (TPSA) is 24.4 Å². The second kappa shape index (κ2) is 7.30. The van der Waals surface area contributed by atoms with Gasteiger partial charge in [0, 0.05) is 18.3 Å². The van der Waals surface area contributed by atoms with Crippen LogP contribution in [0.4, 0.5) is 0 Å². The van der Waals surface area contributed by atoms with E-state index in [9.17, 15) is 0 Å². The fourth-order valence-corrected chi connectivity index (χ4v) is 3.87. The molecule has 0 radical (unpaired) electrons. The molecule has 0 bridgehead atoms. The molecule has 2 fully saturated rings. The maximum absolute atomic E-state index is 4.71. The minimum atomic E-state index is 0.671. The molecule has 0 aromatic heterocycles. The van der Waals surface area contributed by atoms with E-state index in [0.717, 1.165) is 12.5 Å². The first-order chi connectivity index (χ1) is 8.38. The van der Waals surface area contributed by atoms with Crippen LogP contribution in [0.1, 0.15) is 58.3 Å². The average Bonchev–Trinajstić information content (AvgIpc) is 2.88. The molecule has 98 valence electrons. The highest BCUT2D eigenvalue weighted by atomic mass is 32.2. The Morgan fingerprint density at radius 3 is 2.88 bits per heavy atom. The third-order valence-electron chi connectivity index (χ3n) is 4.03. The quantitative estimate of drug-likeness (QED) is 0.754. The lowest BCUT2D eigenvalue weighted by molar-refractivity contribution is 0.487. The molecule has 1 aliphatic carbocycles. The lowest BCUT2D eigenvalue weighted by Crippen LogP contribution is -2.37. The van der Waals surface area contributed by atoms with Crippen molar-refractivity contribution in [2.75, 3.05) is 12.3 Å². The van der Waals surface area contributed by atoms with Crippen molar-refractivity contribution < 1.29 is 0 Å². The van der Waals surface area contributed by atoms with Crippen molar-refractivity contribution in [1.82, 2.24) is 5.32 Å². The van der Waals surface area contributed by atoms with Gasteiger partial charge in [-0.05, 0) is 31.6 Å². The molecule has 1 aliphatic heterocycles. The molecule has 1 heterocycles. The van der Waals surface area contributed by atoms with Crippen LogP contribution in [-0.4, -0.2) is 23.5 Å². The van der Waals surface area contributed by atoms with Crippen molar-refractivity contribution in [3.63, 3.8) is 0 Å². The molecule has 17 heavy (non-hydrogen) atoms. The van der Waals surface area contributed by atoms with E-state index in [1.165, 1.54) is 62.3 Å². The van der Waals surface area contributed by atoms with E-state index in [2.05, 4.69) is 12.2 Å². The van der Waals surface area contributed by atoms with Crippen LogP contribution in [0.15, 0.2) is 4.99 Å². The molecule has 1 saturated carbocycles.